The lowest BCUT2D eigenvalue weighted by molar-refractivity contribution is 0.0940. The first kappa shape index (κ1) is 20.2. The lowest BCUT2D eigenvalue weighted by Crippen LogP contribution is -2.32. The average molecular weight is 391 g/mol. The van der Waals surface area contributed by atoms with Gasteiger partial charge in [-0.25, -0.2) is 0 Å². The molecule has 1 amide bonds. The summed E-state index contributed by atoms with van der Waals surface area (Å²) in [4.78, 5) is 15.3. The van der Waals surface area contributed by atoms with Gasteiger partial charge in [-0.3, -0.25) is 9.69 Å². The Morgan fingerprint density at radius 1 is 1.03 bits per heavy atom. The number of hydrogen-bond donors (Lipinski definition) is 1. The summed E-state index contributed by atoms with van der Waals surface area (Å²) in [6.07, 6.45) is 7.52. The number of likely N-dealkylation sites (tertiary alicyclic amines) is 1. The number of carbonyl (C=O) groups excluding carboxylic acids is 1. The minimum Gasteiger partial charge on any atom is -0.346 e. The molecule has 3 heteroatoms. The number of fused-ring (bicyclic) bond motifs is 1. The van der Waals surface area contributed by atoms with Crippen LogP contribution in [0.4, 0.5) is 0 Å². The first-order chi connectivity index (χ1) is 14.1. The predicted molar refractivity (Wildman–Crippen MR) is 119 cm³/mol. The number of aryl methyl sites for hydroxylation is 2. The van der Waals surface area contributed by atoms with Crippen LogP contribution in [0.25, 0.3) is 0 Å². The van der Waals surface area contributed by atoms with Gasteiger partial charge >= 0.3 is 0 Å². The Labute approximate surface area is 175 Å². The average Bonchev–Trinajstić information content (AvgIpc) is 2.75. The molecule has 0 spiro atoms. The fraction of sp³-hybridized carbons (Fsp3) is 0.500. The fourth-order valence-electron chi connectivity index (χ4n) is 4.63. The number of nitrogens with one attached hydrogen (secondary N) is 1. The molecule has 2 aromatic rings. The third kappa shape index (κ3) is 5.08. The van der Waals surface area contributed by atoms with Gasteiger partial charge in [-0.05, 0) is 98.8 Å². The van der Waals surface area contributed by atoms with E-state index >= 15 is 0 Å². The second-order valence-electron chi connectivity index (χ2n) is 9.09. The zero-order valence-electron chi connectivity index (χ0n) is 17.9. The molecule has 4 rings (SSSR count). The Morgan fingerprint density at radius 2 is 1.72 bits per heavy atom. The van der Waals surface area contributed by atoms with E-state index in [2.05, 4.69) is 54.4 Å². The van der Waals surface area contributed by atoms with Crippen molar-refractivity contribution in [2.24, 2.45) is 5.92 Å². The molecule has 1 fully saturated rings. The summed E-state index contributed by atoms with van der Waals surface area (Å²) in [5.74, 6) is 0.864. The van der Waals surface area contributed by atoms with Gasteiger partial charge in [0, 0.05) is 12.1 Å². The second kappa shape index (κ2) is 9.13. The highest BCUT2D eigenvalue weighted by Gasteiger charge is 2.17. The lowest BCUT2D eigenvalue weighted by Gasteiger charge is -2.30. The molecule has 0 radical (unpaired) electrons. The highest BCUT2D eigenvalue weighted by atomic mass is 16.1. The number of carbonyl (C=O) groups is 1. The van der Waals surface area contributed by atoms with Crippen molar-refractivity contribution in [2.45, 2.75) is 65.0 Å². The highest BCUT2D eigenvalue weighted by molar-refractivity contribution is 5.94. The first-order valence-electron chi connectivity index (χ1n) is 11.3. The van der Waals surface area contributed by atoms with Crippen molar-refractivity contribution >= 4 is 5.91 Å². The molecular weight excluding hydrogens is 356 g/mol. The highest BCUT2D eigenvalue weighted by Crippen LogP contribution is 2.25. The minimum absolute atomic E-state index is 0.00793. The maximum absolute atomic E-state index is 12.7. The van der Waals surface area contributed by atoms with Gasteiger partial charge in [0.2, 0.25) is 0 Å². The van der Waals surface area contributed by atoms with Crippen molar-refractivity contribution in [2.75, 3.05) is 13.1 Å². The molecule has 29 heavy (non-hydrogen) atoms. The van der Waals surface area contributed by atoms with Gasteiger partial charge in [0.1, 0.15) is 0 Å². The van der Waals surface area contributed by atoms with E-state index in [-0.39, 0.29) is 11.9 Å². The van der Waals surface area contributed by atoms with Crippen LogP contribution in [0.1, 0.15) is 78.2 Å². The monoisotopic (exact) mass is 390 g/mol. The van der Waals surface area contributed by atoms with Crippen LogP contribution < -0.4 is 5.32 Å². The molecule has 1 aliphatic carbocycles. The van der Waals surface area contributed by atoms with Gasteiger partial charge < -0.3 is 5.32 Å². The van der Waals surface area contributed by atoms with E-state index < -0.39 is 0 Å². The van der Waals surface area contributed by atoms with Crippen LogP contribution >= 0.6 is 0 Å². The molecule has 0 saturated carbocycles. The summed E-state index contributed by atoms with van der Waals surface area (Å²) >= 11 is 0. The largest absolute Gasteiger partial charge is 0.346 e. The maximum atomic E-state index is 12.7. The van der Waals surface area contributed by atoms with Crippen molar-refractivity contribution in [3.63, 3.8) is 0 Å². The summed E-state index contributed by atoms with van der Waals surface area (Å²) in [5, 5.41) is 3.18. The Hall–Kier alpha value is -2.13. The van der Waals surface area contributed by atoms with Crippen molar-refractivity contribution in [3.8, 4) is 0 Å². The van der Waals surface area contributed by atoms with Crippen LogP contribution in [0.15, 0.2) is 42.5 Å². The standard InChI is InChI=1S/C26H34N2O/c1-19-13-15-28(16-14-19)18-21-7-9-23(10-8-21)26(29)27-20(2)24-12-11-22-5-3-4-6-25(22)17-24/h7-12,17,19-20H,3-6,13-16,18H2,1-2H3,(H,27,29)/t20-/m0/s1. The fourth-order valence-corrected chi connectivity index (χ4v) is 4.63. The number of rotatable bonds is 5. The Morgan fingerprint density at radius 3 is 2.45 bits per heavy atom. The summed E-state index contributed by atoms with van der Waals surface area (Å²) in [7, 11) is 0. The summed E-state index contributed by atoms with van der Waals surface area (Å²) < 4.78 is 0. The number of piperidine rings is 1. The smallest absolute Gasteiger partial charge is 0.251 e. The molecule has 3 nitrogen and oxygen atoms in total. The summed E-state index contributed by atoms with van der Waals surface area (Å²) in [6.45, 7) is 7.77. The molecule has 1 aliphatic heterocycles. The zero-order chi connectivity index (χ0) is 20.2. The SMILES string of the molecule is CC1CCN(Cc2ccc(C(=O)N[C@@H](C)c3ccc4c(c3)CCCC4)cc2)CC1. The number of benzene rings is 2. The Balaban J connectivity index is 1.34. The summed E-state index contributed by atoms with van der Waals surface area (Å²) in [6, 6.07) is 14.9. The van der Waals surface area contributed by atoms with Crippen molar-refractivity contribution in [1.29, 1.82) is 0 Å². The third-order valence-electron chi connectivity index (χ3n) is 6.72. The number of amides is 1. The molecule has 1 atom stereocenters. The molecule has 1 heterocycles. The number of nitrogens with zero attached hydrogens (tertiary/aromatic N) is 1. The van der Waals surface area contributed by atoms with Crippen molar-refractivity contribution in [3.05, 3.63) is 70.3 Å². The molecule has 0 unspecified atom stereocenters. The first-order valence-corrected chi connectivity index (χ1v) is 11.3. The third-order valence-corrected chi connectivity index (χ3v) is 6.72. The second-order valence-corrected chi connectivity index (χ2v) is 9.09. The van der Waals surface area contributed by atoms with E-state index in [0.29, 0.717) is 0 Å². The van der Waals surface area contributed by atoms with Crippen LogP contribution in [-0.4, -0.2) is 23.9 Å². The molecule has 2 aromatic carbocycles. The minimum atomic E-state index is 0.00793. The van der Waals surface area contributed by atoms with E-state index in [1.807, 2.05) is 12.1 Å². The molecule has 1 saturated heterocycles. The molecule has 1 N–H and O–H groups in total. The number of hydrogen-bond acceptors (Lipinski definition) is 2. The van der Waals surface area contributed by atoms with Gasteiger partial charge in [0.25, 0.3) is 5.91 Å². The molecule has 154 valence electrons. The van der Waals surface area contributed by atoms with E-state index in [1.54, 1.807) is 0 Å². The Bertz CT molecular complexity index is 834. The van der Waals surface area contributed by atoms with Gasteiger partial charge in [0.05, 0.1) is 6.04 Å². The Kier molecular flexibility index (Phi) is 6.34. The summed E-state index contributed by atoms with van der Waals surface area (Å²) in [5.41, 5.74) is 6.18. The molecular formula is C26H34N2O. The predicted octanol–water partition coefficient (Wildman–Crippen LogP) is 5.29. The van der Waals surface area contributed by atoms with Crippen LogP contribution in [0.3, 0.4) is 0 Å². The maximum Gasteiger partial charge on any atom is 0.251 e. The van der Waals surface area contributed by atoms with E-state index in [0.717, 1.165) is 18.0 Å². The van der Waals surface area contributed by atoms with E-state index in [9.17, 15) is 4.79 Å². The van der Waals surface area contributed by atoms with E-state index in [1.165, 1.54) is 73.9 Å². The molecule has 2 aliphatic rings. The van der Waals surface area contributed by atoms with Crippen molar-refractivity contribution < 1.29 is 4.79 Å². The van der Waals surface area contributed by atoms with E-state index in [4.69, 9.17) is 0 Å². The van der Waals surface area contributed by atoms with Gasteiger partial charge in [-0.1, -0.05) is 37.3 Å². The normalized spacial score (nSPS) is 18.8. The van der Waals surface area contributed by atoms with Crippen molar-refractivity contribution in [1.82, 2.24) is 10.2 Å². The molecule has 0 aromatic heterocycles. The van der Waals surface area contributed by atoms with Gasteiger partial charge in [-0.2, -0.15) is 0 Å². The van der Waals surface area contributed by atoms with Gasteiger partial charge in [-0.15, -0.1) is 0 Å². The van der Waals surface area contributed by atoms with Crippen LogP contribution in [0, 0.1) is 5.92 Å². The van der Waals surface area contributed by atoms with Crippen LogP contribution in [-0.2, 0) is 19.4 Å². The van der Waals surface area contributed by atoms with Gasteiger partial charge in [0.15, 0.2) is 0 Å². The quantitative estimate of drug-likeness (QED) is 0.752. The molecule has 0 bridgehead atoms. The zero-order valence-corrected chi connectivity index (χ0v) is 17.9. The van der Waals surface area contributed by atoms with Crippen LogP contribution in [0.5, 0.6) is 0 Å². The topological polar surface area (TPSA) is 32.3 Å². The lowest BCUT2D eigenvalue weighted by atomic mass is 9.89. The van der Waals surface area contributed by atoms with Crippen LogP contribution in [0.2, 0.25) is 0 Å².